The Morgan fingerprint density at radius 1 is 0.314 bits per heavy atom. The Kier molecular flexibility index (Phi) is 8.93. The number of benzene rings is 11. The molecule has 0 atom stereocenters. The molecule has 0 saturated heterocycles. The van der Waals surface area contributed by atoms with Crippen molar-refractivity contribution >= 4 is 71.4 Å². The van der Waals surface area contributed by atoms with Gasteiger partial charge in [-0.3, -0.25) is 0 Å². The maximum absolute atomic E-state index is 2.47. The van der Waals surface area contributed by atoms with Crippen LogP contribution in [0, 0.1) is 0 Å². The molecule has 0 unspecified atom stereocenters. The van der Waals surface area contributed by atoms with E-state index < -0.39 is 0 Å². The van der Waals surface area contributed by atoms with Crippen molar-refractivity contribution < 1.29 is 0 Å². The van der Waals surface area contributed by atoms with Crippen molar-refractivity contribution in [2.75, 3.05) is 4.90 Å². The normalized spacial score (nSPS) is 12.8. The molecule has 0 saturated carbocycles. The maximum Gasteiger partial charge on any atom is 0.0542 e. The number of nitrogens with zero attached hydrogens (tertiary/aromatic N) is 3. The Bertz CT molecular complexity index is 4140. The summed E-state index contributed by atoms with van der Waals surface area (Å²) in [7, 11) is 0. The van der Waals surface area contributed by atoms with Crippen molar-refractivity contribution in [3.05, 3.63) is 260 Å². The van der Waals surface area contributed by atoms with E-state index in [4.69, 9.17) is 0 Å². The Labute approximate surface area is 407 Å². The van der Waals surface area contributed by atoms with E-state index in [-0.39, 0.29) is 5.41 Å². The molecule has 2 aromatic heterocycles. The summed E-state index contributed by atoms with van der Waals surface area (Å²) in [4.78, 5) is 2.47. The number of anilines is 3. The minimum atomic E-state index is -0.255. The van der Waals surface area contributed by atoms with Crippen LogP contribution in [-0.4, -0.2) is 9.13 Å². The molecule has 14 rings (SSSR count). The Morgan fingerprint density at radius 3 is 1.47 bits per heavy atom. The van der Waals surface area contributed by atoms with Gasteiger partial charge in [-0.05, 0) is 129 Å². The van der Waals surface area contributed by atoms with E-state index in [2.05, 4.69) is 277 Å². The van der Waals surface area contributed by atoms with Gasteiger partial charge in [-0.1, -0.05) is 178 Å². The molecule has 13 aromatic rings. The van der Waals surface area contributed by atoms with Gasteiger partial charge in [0.15, 0.2) is 0 Å². The lowest BCUT2D eigenvalue weighted by Gasteiger charge is -2.30. The molecule has 2 heterocycles. The van der Waals surface area contributed by atoms with Crippen LogP contribution in [-0.2, 0) is 5.41 Å². The summed E-state index contributed by atoms with van der Waals surface area (Å²) < 4.78 is 4.83. The fourth-order valence-electron chi connectivity index (χ4n) is 11.8. The van der Waals surface area contributed by atoms with Crippen LogP contribution in [0.1, 0.15) is 25.0 Å². The maximum atomic E-state index is 2.47. The predicted molar refractivity (Wildman–Crippen MR) is 296 cm³/mol. The van der Waals surface area contributed by atoms with Gasteiger partial charge >= 0.3 is 0 Å². The van der Waals surface area contributed by atoms with E-state index in [0.29, 0.717) is 0 Å². The van der Waals surface area contributed by atoms with Crippen LogP contribution >= 0.6 is 0 Å². The average Bonchev–Trinajstić information content (AvgIpc) is 4.01. The highest BCUT2D eigenvalue weighted by molar-refractivity contribution is 6.13. The molecular weight excluding hydrogens is 847 g/mol. The van der Waals surface area contributed by atoms with Gasteiger partial charge in [-0.25, -0.2) is 0 Å². The van der Waals surface area contributed by atoms with Crippen LogP contribution in [0.25, 0.3) is 99.1 Å². The molecule has 3 heteroatoms. The standard InChI is InChI=1S/C67H47N3/c1-67(2)59-42-47(46-32-38-66-58(41-46)57-25-13-14-26-61(57)69(66)48-19-7-4-8-20-48)31-36-51(59)52-37-35-50(43-60(52)67)68(49-33-29-45(30-34-49)44-17-5-3-6-18-44)64-39-40-65(56-22-10-9-21-55(56)64)70-62-27-15-11-23-53(62)54-24-12-16-28-63(54)70/h3-43H,1-2H3. The second kappa shape index (κ2) is 15.6. The molecule has 0 amide bonds. The summed E-state index contributed by atoms with van der Waals surface area (Å²) in [5, 5.41) is 7.42. The summed E-state index contributed by atoms with van der Waals surface area (Å²) in [6, 6.07) is 91.6. The zero-order valence-electron chi connectivity index (χ0n) is 39.0. The summed E-state index contributed by atoms with van der Waals surface area (Å²) in [5.41, 5.74) is 20.4. The number of rotatable bonds is 7. The van der Waals surface area contributed by atoms with Gasteiger partial charge < -0.3 is 14.0 Å². The topological polar surface area (TPSA) is 13.1 Å². The van der Waals surface area contributed by atoms with Gasteiger partial charge in [-0.2, -0.15) is 0 Å². The number of fused-ring (bicyclic) bond motifs is 10. The SMILES string of the molecule is CC1(C)c2cc(-c3ccc4c(c3)c3ccccc3n4-c3ccccc3)ccc2-c2ccc(N(c3ccc(-c4ccccc4)cc3)c3ccc(-n4c5ccccc5c5ccccc54)c4ccccc34)cc21. The van der Waals surface area contributed by atoms with Gasteiger partial charge in [0.05, 0.1) is 33.4 Å². The second-order valence-corrected chi connectivity index (χ2v) is 19.3. The molecule has 330 valence electrons. The average molecular weight is 894 g/mol. The quantitative estimate of drug-likeness (QED) is 0.155. The van der Waals surface area contributed by atoms with Crippen molar-refractivity contribution in [1.82, 2.24) is 9.13 Å². The summed E-state index contributed by atoms with van der Waals surface area (Å²) >= 11 is 0. The molecular formula is C67H47N3. The molecule has 1 aliphatic rings. The van der Waals surface area contributed by atoms with Crippen molar-refractivity contribution in [2.45, 2.75) is 19.3 Å². The number of aromatic nitrogens is 2. The van der Waals surface area contributed by atoms with Gasteiger partial charge in [0, 0.05) is 54.8 Å². The third-order valence-corrected chi connectivity index (χ3v) is 15.1. The Morgan fingerprint density at radius 2 is 0.786 bits per heavy atom. The van der Waals surface area contributed by atoms with Gasteiger partial charge in [0.1, 0.15) is 0 Å². The molecule has 0 radical (unpaired) electrons. The van der Waals surface area contributed by atoms with E-state index in [1.165, 1.54) is 110 Å². The second-order valence-electron chi connectivity index (χ2n) is 19.3. The lowest BCUT2D eigenvalue weighted by molar-refractivity contribution is 0.660. The zero-order chi connectivity index (χ0) is 46.5. The molecule has 0 N–H and O–H groups in total. The number of para-hydroxylation sites is 4. The molecule has 0 aliphatic heterocycles. The van der Waals surface area contributed by atoms with Gasteiger partial charge in [-0.15, -0.1) is 0 Å². The summed E-state index contributed by atoms with van der Waals surface area (Å²) in [5.74, 6) is 0. The Hall–Kier alpha value is -8.92. The van der Waals surface area contributed by atoms with Crippen LogP contribution in [0.4, 0.5) is 17.1 Å². The van der Waals surface area contributed by atoms with E-state index in [1.54, 1.807) is 0 Å². The highest BCUT2D eigenvalue weighted by atomic mass is 15.1. The molecule has 0 spiro atoms. The first-order chi connectivity index (χ1) is 34.5. The Balaban J connectivity index is 0.903. The lowest BCUT2D eigenvalue weighted by atomic mass is 9.81. The zero-order valence-corrected chi connectivity index (χ0v) is 39.0. The van der Waals surface area contributed by atoms with Gasteiger partial charge in [0.2, 0.25) is 0 Å². The predicted octanol–water partition coefficient (Wildman–Crippen LogP) is 18.1. The van der Waals surface area contributed by atoms with Crippen molar-refractivity contribution in [1.29, 1.82) is 0 Å². The minimum absolute atomic E-state index is 0.255. The molecule has 70 heavy (non-hydrogen) atoms. The highest BCUT2D eigenvalue weighted by Gasteiger charge is 2.36. The number of hydrogen-bond donors (Lipinski definition) is 0. The first-order valence-electron chi connectivity index (χ1n) is 24.3. The van der Waals surface area contributed by atoms with Gasteiger partial charge in [0.25, 0.3) is 0 Å². The molecule has 0 fully saturated rings. The molecule has 0 bridgehead atoms. The summed E-state index contributed by atoms with van der Waals surface area (Å²) in [6.45, 7) is 4.80. The fourth-order valence-corrected chi connectivity index (χ4v) is 11.8. The molecule has 1 aliphatic carbocycles. The monoisotopic (exact) mass is 893 g/mol. The van der Waals surface area contributed by atoms with E-state index in [1.807, 2.05) is 0 Å². The van der Waals surface area contributed by atoms with Crippen molar-refractivity contribution in [2.24, 2.45) is 0 Å². The lowest BCUT2D eigenvalue weighted by Crippen LogP contribution is -2.17. The molecule has 3 nitrogen and oxygen atoms in total. The van der Waals surface area contributed by atoms with Crippen LogP contribution in [0.2, 0.25) is 0 Å². The van der Waals surface area contributed by atoms with Crippen LogP contribution in [0.5, 0.6) is 0 Å². The third-order valence-electron chi connectivity index (χ3n) is 15.1. The van der Waals surface area contributed by atoms with Crippen LogP contribution < -0.4 is 4.90 Å². The fraction of sp³-hybridized carbons (Fsp3) is 0.0448. The van der Waals surface area contributed by atoms with E-state index in [9.17, 15) is 0 Å². The van der Waals surface area contributed by atoms with Crippen LogP contribution in [0.15, 0.2) is 249 Å². The first-order valence-corrected chi connectivity index (χ1v) is 24.3. The highest BCUT2D eigenvalue weighted by Crippen LogP contribution is 2.52. The first kappa shape index (κ1) is 40.2. The minimum Gasteiger partial charge on any atom is -0.310 e. The third kappa shape index (κ3) is 6.08. The molecule has 11 aromatic carbocycles. The summed E-state index contributed by atoms with van der Waals surface area (Å²) in [6.07, 6.45) is 0. The largest absolute Gasteiger partial charge is 0.310 e. The van der Waals surface area contributed by atoms with Crippen LogP contribution in [0.3, 0.4) is 0 Å². The van der Waals surface area contributed by atoms with Crippen molar-refractivity contribution in [3.8, 4) is 44.8 Å². The number of hydrogen-bond acceptors (Lipinski definition) is 1. The van der Waals surface area contributed by atoms with E-state index in [0.717, 1.165) is 17.1 Å². The van der Waals surface area contributed by atoms with E-state index >= 15 is 0 Å². The van der Waals surface area contributed by atoms with Crippen molar-refractivity contribution in [3.63, 3.8) is 0 Å². The smallest absolute Gasteiger partial charge is 0.0542 e.